The van der Waals surface area contributed by atoms with Gasteiger partial charge in [-0.2, -0.15) is 0 Å². The Morgan fingerprint density at radius 1 is 1.04 bits per heavy atom. The average Bonchev–Trinajstić information content (AvgIpc) is 2.62. The minimum Gasteiger partial charge on any atom is -0.492 e. The highest BCUT2D eigenvalue weighted by atomic mass is 16.5. The zero-order valence-corrected chi connectivity index (χ0v) is 15.1. The van der Waals surface area contributed by atoms with Crippen molar-refractivity contribution in [3.05, 3.63) is 54.1 Å². The minimum atomic E-state index is -0.213. The van der Waals surface area contributed by atoms with Crippen molar-refractivity contribution in [2.75, 3.05) is 17.2 Å². The van der Waals surface area contributed by atoms with Gasteiger partial charge in [-0.25, -0.2) is 0 Å². The highest BCUT2D eigenvalue weighted by Gasteiger charge is 2.25. The molecule has 1 aliphatic heterocycles. The van der Waals surface area contributed by atoms with Crippen LogP contribution in [0.15, 0.2) is 48.5 Å². The van der Waals surface area contributed by atoms with Gasteiger partial charge in [0.15, 0.2) is 0 Å². The molecule has 1 atom stereocenters. The lowest BCUT2D eigenvalue weighted by atomic mass is 9.96. The van der Waals surface area contributed by atoms with E-state index in [0.717, 1.165) is 17.0 Å². The Morgan fingerprint density at radius 2 is 1.69 bits per heavy atom. The molecular weight excluding hydrogens is 328 g/mol. The summed E-state index contributed by atoms with van der Waals surface area (Å²) in [5, 5.41) is 5.78. The third-order valence-electron chi connectivity index (χ3n) is 4.28. The highest BCUT2D eigenvalue weighted by molar-refractivity contribution is 5.94. The van der Waals surface area contributed by atoms with Crippen LogP contribution in [0.4, 0.5) is 11.4 Å². The number of ether oxygens (including phenoxy) is 1. The third-order valence-corrected chi connectivity index (χ3v) is 4.28. The fraction of sp³-hybridized carbons (Fsp3) is 0.333. The largest absolute Gasteiger partial charge is 0.492 e. The number of fused-ring (bicyclic) bond motifs is 1. The molecule has 0 aromatic heterocycles. The average molecular weight is 352 g/mol. The van der Waals surface area contributed by atoms with Crippen molar-refractivity contribution in [2.45, 2.75) is 26.7 Å². The van der Waals surface area contributed by atoms with Gasteiger partial charge in [0.2, 0.25) is 11.8 Å². The molecule has 1 heterocycles. The Morgan fingerprint density at radius 3 is 2.38 bits per heavy atom. The van der Waals surface area contributed by atoms with Crippen LogP contribution < -0.4 is 15.4 Å². The molecule has 0 fully saturated rings. The molecule has 2 aromatic rings. The lowest BCUT2D eigenvalue weighted by Gasteiger charge is -2.24. The van der Waals surface area contributed by atoms with Gasteiger partial charge in [-0.3, -0.25) is 9.59 Å². The van der Waals surface area contributed by atoms with Gasteiger partial charge in [0.25, 0.3) is 0 Å². The molecule has 5 heteroatoms. The first-order valence-electron chi connectivity index (χ1n) is 8.92. The minimum absolute atomic E-state index is 0.00481. The number of carbonyl (C=O) groups is 2. The van der Waals surface area contributed by atoms with Crippen LogP contribution in [0.1, 0.15) is 25.8 Å². The van der Waals surface area contributed by atoms with E-state index in [4.69, 9.17) is 4.74 Å². The molecule has 3 rings (SSSR count). The molecule has 0 saturated carbocycles. The molecule has 0 aliphatic carbocycles. The Labute approximate surface area is 153 Å². The summed E-state index contributed by atoms with van der Waals surface area (Å²) in [6.45, 7) is 4.39. The smallest absolute Gasteiger partial charge is 0.231 e. The molecule has 2 aromatic carbocycles. The van der Waals surface area contributed by atoms with Crippen LogP contribution in [0, 0.1) is 11.8 Å². The number of rotatable bonds is 5. The Bertz CT molecular complexity index is 784. The van der Waals surface area contributed by atoms with Crippen molar-refractivity contribution >= 4 is 23.2 Å². The van der Waals surface area contributed by atoms with Gasteiger partial charge < -0.3 is 15.4 Å². The van der Waals surface area contributed by atoms with Gasteiger partial charge in [-0.05, 0) is 48.2 Å². The van der Waals surface area contributed by atoms with E-state index in [1.54, 1.807) is 24.3 Å². The number of benzene rings is 2. The Balaban J connectivity index is 1.56. The van der Waals surface area contributed by atoms with Crippen LogP contribution in [0.5, 0.6) is 5.75 Å². The molecular formula is C21H24N2O3. The molecule has 0 bridgehead atoms. The number of amides is 2. The van der Waals surface area contributed by atoms with Crippen molar-refractivity contribution < 1.29 is 14.3 Å². The molecule has 1 unspecified atom stereocenters. The molecule has 0 radical (unpaired) electrons. The Hall–Kier alpha value is -2.82. The van der Waals surface area contributed by atoms with Crippen LogP contribution in [-0.2, 0) is 16.0 Å². The summed E-state index contributed by atoms with van der Waals surface area (Å²) < 4.78 is 5.68. The highest BCUT2D eigenvalue weighted by Crippen LogP contribution is 2.27. The maximum atomic E-state index is 12.5. The van der Waals surface area contributed by atoms with Gasteiger partial charge in [-0.1, -0.05) is 32.0 Å². The van der Waals surface area contributed by atoms with E-state index in [1.165, 1.54) is 0 Å². The molecule has 0 saturated heterocycles. The summed E-state index contributed by atoms with van der Waals surface area (Å²) in [6.07, 6.45) is 1.16. The van der Waals surface area contributed by atoms with Gasteiger partial charge in [0, 0.05) is 17.8 Å². The van der Waals surface area contributed by atoms with E-state index in [-0.39, 0.29) is 17.7 Å². The number of anilines is 2. The monoisotopic (exact) mass is 352 g/mol. The normalized spacial score (nSPS) is 15.7. The second kappa shape index (κ2) is 8.04. The fourth-order valence-corrected chi connectivity index (χ4v) is 2.96. The summed E-state index contributed by atoms with van der Waals surface area (Å²) in [4.78, 5) is 24.3. The lowest BCUT2D eigenvalue weighted by molar-refractivity contribution is -0.121. The third kappa shape index (κ3) is 4.63. The van der Waals surface area contributed by atoms with Gasteiger partial charge in [0.05, 0.1) is 5.92 Å². The maximum Gasteiger partial charge on any atom is 0.231 e. The molecule has 5 nitrogen and oxygen atoms in total. The van der Waals surface area contributed by atoms with Crippen molar-refractivity contribution in [3.63, 3.8) is 0 Å². The van der Waals surface area contributed by atoms with E-state index in [9.17, 15) is 9.59 Å². The predicted molar refractivity (Wildman–Crippen MR) is 102 cm³/mol. The number of hydrogen-bond donors (Lipinski definition) is 2. The van der Waals surface area contributed by atoms with Gasteiger partial charge in [-0.15, -0.1) is 0 Å². The molecule has 0 spiro atoms. The maximum absolute atomic E-state index is 12.5. The van der Waals surface area contributed by atoms with Crippen LogP contribution in [-0.4, -0.2) is 18.4 Å². The lowest BCUT2D eigenvalue weighted by Crippen LogP contribution is -2.32. The molecule has 136 valence electrons. The quantitative estimate of drug-likeness (QED) is 0.858. The molecule has 2 N–H and O–H groups in total. The standard InChI is InChI=1S/C21H24N2O3/c1-14(2)11-20(24)22-17-7-9-18(10-8-17)23-21(25)16-12-15-5-3-4-6-19(15)26-13-16/h3-10,14,16H,11-13H2,1-2H3,(H,22,24)(H,23,25). The van der Waals surface area contributed by atoms with Crippen molar-refractivity contribution in [1.29, 1.82) is 0 Å². The summed E-state index contributed by atoms with van der Waals surface area (Å²) in [5.41, 5.74) is 2.49. The van der Waals surface area contributed by atoms with Gasteiger partial charge in [0.1, 0.15) is 12.4 Å². The summed E-state index contributed by atoms with van der Waals surface area (Å²) in [7, 11) is 0. The number of hydrogen-bond acceptors (Lipinski definition) is 3. The van der Waals surface area contributed by atoms with Crippen molar-refractivity contribution in [3.8, 4) is 5.75 Å². The zero-order chi connectivity index (χ0) is 18.5. The topological polar surface area (TPSA) is 67.4 Å². The summed E-state index contributed by atoms with van der Waals surface area (Å²) >= 11 is 0. The fourth-order valence-electron chi connectivity index (χ4n) is 2.96. The van der Waals surface area contributed by atoms with Crippen LogP contribution in [0.2, 0.25) is 0 Å². The predicted octanol–water partition coefficient (Wildman–Crippen LogP) is 3.86. The van der Waals surface area contributed by atoms with Crippen LogP contribution in [0.3, 0.4) is 0 Å². The van der Waals surface area contributed by atoms with E-state index >= 15 is 0 Å². The van der Waals surface area contributed by atoms with E-state index in [0.29, 0.717) is 31.1 Å². The number of nitrogens with one attached hydrogen (secondary N) is 2. The van der Waals surface area contributed by atoms with E-state index in [1.807, 2.05) is 38.1 Å². The second-order valence-electron chi connectivity index (χ2n) is 7.03. The van der Waals surface area contributed by atoms with Crippen LogP contribution >= 0.6 is 0 Å². The molecule has 2 amide bonds. The first-order chi connectivity index (χ1) is 12.5. The van der Waals surface area contributed by atoms with Gasteiger partial charge >= 0.3 is 0 Å². The van der Waals surface area contributed by atoms with Crippen LogP contribution in [0.25, 0.3) is 0 Å². The van der Waals surface area contributed by atoms with Crippen molar-refractivity contribution in [2.24, 2.45) is 11.8 Å². The molecule has 26 heavy (non-hydrogen) atoms. The zero-order valence-electron chi connectivity index (χ0n) is 15.1. The summed E-state index contributed by atoms with van der Waals surface area (Å²) in [5.74, 6) is 0.899. The first-order valence-corrected chi connectivity index (χ1v) is 8.92. The van der Waals surface area contributed by atoms with E-state index < -0.39 is 0 Å². The summed E-state index contributed by atoms with van der Waals surface area (Å²) in [6, 6.07) is 15.0. The SMILES string of the molecule is CC(C)CC(=O)Nc1ccc(NC(=O)C2COc3ccccc3C2)cc1. The first kappa shape index (κ1) is 18.0. The number of para-hydroxylation sites is 1. The Kier molecular flexibility index (Phi) is 5.56. The second-order valence-corrected chi connectivity index (χ2v) is 7.03. The van der Waals surface area contributed by atoms with Crippen molar-refractivity contribution in [1.82, 2.24) is 0 Å². The molecule has 1 aliphatic rings. The number of carbonyl (C=O) groups excluding carboxylic acids is 2. The van der Waals surface area contributed by atoms with E-state index in [2.05, 4.69) is 10.6 Å².